The van der Waals surface area contributed by atoms with Crippen LogP contribution in [0.5, 0.6) is 0 Å². The number of imidazole rings is 1. The highest BCUT2D eigenvalue weighted by Crippen LogP contribution is 2.39. The van der Waals surface area contributed by atoms with Crippen LogP contribution in [0, 0.1) is 11.8 Å². The SMILES string of the molecule is COC(=O)NC(C(=O)N1CCCC1)C(C)C.COC(=O)NN(C(=O)[C@H]1CCCCC1c1ncc(-c2ccc(-c3ccc(-c4[nH]cc5c4CCC5)cc3)cc2)[nH]1)C(C)C. The number of aromatic amines is 2. The van der Waals surface area contributed by atoms with Crippen molar-refractivity contribution in [3.8, 4) is 33.6 Å². The van der Waals surface area contributed by atoms with E-state index in [1.165, 1.54) is 60.0 Å². The molecule has 3 heterocycles. The molecule has 0 radical (unpaired) electrons. The largest absolute Gasteiger partial charge is 0.453 e. The Hall–Kier alpha value is -5.59. The van der Waals surface area contributed by atoms with Crippen LogP contribution >= 0.6 is 0 Å². The Labute approximate surface area is 341 Å². The van der Waals surface area contributed by atoms with Crippen LogP contribution in [0.3, 0.4) is 0 Å². The molecule has 58 heavy (non-hydrogen) atoms. The topological polar surface area (TPSA) is 162 Å². The van der Waals surface area contributed by atoms with Crippen molar-refractivity contribution in [2.24, 2.45) is 11.8 Å². The van der Waals surface area contributed by atoms with Gasteiger partial charge in [0.15, 0.2) is 0 Å². The quantitative estimate of drug-likeness (QED) is 0.125. The van der Waals surface area contributed by atoms with Crippen molar-refractivity contribution in [3.05, 3.63) is 77.9 Å². The van der Waals surface area contributed by atoms with Crippen molar-refractivity contribution in [1.82, 2.24) is 35.6 Å². The second-order valence-electron chi connectivity index (χ2n) is 16.2. The molecule has 0 bridgehead atoms. The van der Waals surface area contributed by atoms with Crippen LogP contribution < -0.4 is 10.7 Å². The fourth-order valence-corrected chi connectivity index (χ4v) is 8.41. The summed E-state index contributed by atoms with van der Waals surface area (Å²) in [5.74, 6) is 0.466. The standard InChI is InChI=1S/C34H39N5O3.C11H20N2O3/c1-21(2)39(38-34(41)42-3)33(40)29-9-5-4-8-28(29)32-36-20-30(37-32)24-15-11-22(12-16-24)23-13-17-25(18-14-23)31-27-10-6-7-26(27)19-35-31;1-8(2)9(12-11(15)16-3)10(14)13-6-4-5-7-13/h11-21,28-29,35H,4-10H2,1-3H3,(H,36,37)(H,38,41);8-9H,4-7H2,1-3H3,(H,12,15)/t28?,29-;/m0./s1. The van der Waals surface area contributed by atoms with Crippen LogP contribution in [0.25, 0.3) is 33.6 Å². The number of alkyl carbamates (subject to hydrolysis) is 1. The number of ether oxygens (including phenoxy) is 2. The van der Waals surface area contributed by atoms with Gasteiger partial charge in [-0.2, -0.15) is 0 Å². The number of hydrogen-bond donors (Lipinski definition) is 4. The van der Waals surface area contributed by atoms with Crippen LogP contribution in [0.1, 0.15) is 95.5 Å². The summed E-state index contributed by atoms with van der Waals surface area (Å²) in [6.07, 6.45) is 12.2. The van der Waals surface area contributed by atoms with Crippen molar-refractivity contribution in [2.45, 2.75) is 103 Å². The van der Waals surface area contributed by atoms with Crippen LogP contribution in [0.15, 0.2) is 60.9 Å². The molecule has 2 aliphatic carbocycles. The molecule has 4 N–H and O–H groups in total. The van der Waals surface area contributed by atoms with Gasteiger partial charge in [0.25, 0.3) is 0 Å². The van der Waals surface area contributed by atoms with Gasteiger partial charge in [-0.1, -0.05) is 75.2 Å². The lowest BCUT2D eigenvalue weighted by molar-refractivity contribution is -0.142. The number of carbonyl (C=O) groups is 4. The molecule has 1 aliphatic heterocycles. The number of hydrogen-bond acceptors (Lipinski definition) is 7. The first kappa shape index (κ1) is 42.0. The first-order chi connectivity index (χ1) is 28.0. The molecule has 310 valence electrons. The number of fused-ring (bicyclic) bond motifs is 1. The van der Waals surface area contributed by atoms with Crippen molar-refractivity contribution in [1.29, 1.82) is 0 Å². The second-order valence-corrected chi connectivity index (χ2v) is 16.2. The zero-order chi connectivity index (χ0) is 41.3. The Kier molecular flexibility index (Phi) is 13.9. The number of likely N-dealkylation sites (tertiary alicyclic amines) is 1. The van der Waals surface area contributed by atoms with Gasteiger partial charge < -0.3 is 29.7 Å². The number of H-pyrrole nitrogens is 2. The summed E-state index contributed by atoms with van der Waals surface area (Å²) in [5, 5.41) is 3.99. The summed E-state index contributed by atoms with van der Waals surface area (Å²) in [4.78, 5) is 62.2. The van der Waals surface area contributed by atoms with Gasteiger partial charge in [-0.05, 0) is 98.1 Å². The molecule has 2 aromatic heterocycles. The van der Waals surface area contributed by atoms with Gasteiger partial charge in [-0.15, -0.1) is 0 Å². The maximum atomic E-state index is 13.6. The normalized spacial score (nSPS) is 17.9. The monoisotopic (exact) mass is 793 g/mol. The maximum Gasteiger partial charge on any atom is 0.425 e. The Morgan fingerprint density at radius 3 is 2.03 bits per heavy atom. The zero-order valence-corrected chi connectivity index (χ0v) is 34.7. The summed E-state index contributed by atoms with van der Waals surface area (Å²) in [7, 11) is 2.59. The highest BCUT2D eigenvalue weighted by Gasteiger charge is 2.38. The molecular weight excluding hydrogens is 735 g/mol. The van der Waals surface area contributed by atoms with Gasteiger partial charge >= 0.3 is 12.2 Å². The number of aryl methyl sites for hydroxylation is 1. The second kappa shape index (κ2) is 19.2. The minimum absolute atomic E-state index is 0.00194. The lowest BCUT2D eigenvalue weighted by Crippen LogP contribution is -2.53. The zero-order valence-electron chi connectivity index (χ0n) is 34.7. The molecule has 3 atom stereocenters. The number of aromatic nitrogens is 3. The maximum absolute atomic E-state index is 13.6. The lowest BCUT2D eigenvalue weighted by Gasteiger charge is -2.35. The van der Waals surface area contributed by atoms with E-state index in [1.54, 1.807) is 4.90 Å². The predicted octanol–water partition coefficient (Wildman–Crippen LogP) is 8.00. The first-order valence-electron chi connectivity index (χ1n) is 20.7. The third kappa shape index (κ3) is 9.74. The van der Waals surface area contributed by atoms with Gasteiger partial charge in [-0.25, -0.2) is 25.0 Å². The minimum Gasteiger partial charge on any atom is -0.453 e. The van der Waals surface area contributed by atoms with Gasteiger partial charge in [0, 0.05) is 42.9 Å². The molecule has 4 amide bonds. The van der Waals surface area contributed by atoms with Crippen LogP contribution in [-0.4, -0.2) is 88.3 Å². The highest BCUT2D eigenvalue weighted by atomic mass is 16.5. The van der Waals surface area contributed by atoms with Crippen molar-refractivity contribution in [3.63, 3.8) is 0 Å². The van der Waals surface area contributed by atoms with Crippen LogP contribution in [0.4, 0.5) is 9.59 Å². The van der Waals surface area contributed by atoms with E-state index in [1.807, 2.05) is 33.9 Å². The van der Waals surface area contributed by atoms with Gasteiger partial charge in [-0.3, -0.25) is 9.59 Å². The van der Waals surface area contributed by atoms with E-state index < -0.39 is 18.2 Å². The average Bonchev–Trinajstić information content (AvgIpc) is 4.08. The smallest absolute Gasteiger partial charge is 0.425 e. The third-order valence-corrected chi connectivity index (χ3v) is 11.6. The molecule has 1 saturated heterocycles. The number of methoxy groups -OCH3 is 2. The Balaban J connectivity index is 0.000000299. The molecule has 7 rings (SSSR count). The molecule has 2 unspecified atom stereocenters. The number of carbonyl (C=O) groups excluding carboxylic acids is 4. The molecule has 13 heteroatoms. The average molecular weight is 794 g/mol. The molecule has 3 aliphatic rings. The number of hydrazine groups is 1. The van der Waals surface area contributed by atoms with E-state index in [0.717, 1.165) is 80.7 Å². The van der Waals surface area contributed by atoms with Crippen molar-refractivity contribution in [2.75, 3.05) is 27.3 Å². The third-order valence-electron chi connectivity index (χ3n) is 11.6. The van der Waals surface area contributed by atoms with Gasteiger partial charge in [0.2, 0.25) is 11.8 Å². The fraction of sp³-hybridized carbons (Fsp3) is 0.489. The molecule has 1 saturated carbocycles. The number of amides is 4. The van der Waals surface area contributed by atoms with Gasteiger partial charge in [0.1, 0.15) is 11.9 Å². The highest BCUT2D eigenvalue weighted by molar-refractivity contribution is 5.86. The molecular formula is C45H59N7O6. The molecule has 0 spiro atoms. The minimum atomic E-state index is -0.646. The fourth-order valence-electron chi connectivity index (χ4n) is 8.41. The number of rotatable bonds is 9. The first-order valence-corrected chi connectivity index (χ1v) is 20.7. The number of nitrogens with zero attached hydrogens (tertiary/aromatic N) is 3. The van der Waals surface area contributed by atoms with Crippen LogP contribution in [0.2, 0.25) is 0 Å². The van der Waals surface area contributed by atoms with Gasteiger partial charge in [0.05, 0.1) is 26.1 Å². The van der Waals surface area contributed by atoms with E-state index >= 15 is 0 Å². The predicted molar refractivity (Wildman–Crippen MR) is 223 cm³/mol. The van der Waals surface area contributed by atoms with E-state index in [4.69, 9.17) is 9.72 Å². The van der Waals surface area contributed by atoms with Crippen molar-refractivity contribution >= 4 is 24.0 Å². The molecule has 2 fully saturated rings. The number of nitrogens with one attached hydrogen (secondary N) is 4. The summed E-state index contributed by atoms with van der Waals surface area (Å²) in [5.41, 5.74) is 12.3. The summed E-state index contributed by atoms with van der Waals surface area (Å²) in [6, 6.07) is 16.6. The van der Waals surface area contributed by atoms with E-state index in [2.05, 4.69) is 80.2 Å². The van der Waals surface area contributed by atoms with E-state index in [-0.39, 0.29) is 35.6 Å². The van der Waals surface area contributed by atoms with E-state index in [0.29, 0.717) is 0 Å². The Morgan fingerprint density at radius 2 is 1.41 bits per heavy atom. The number of benzene rings is 2. The Morgan fingerprint density at radius 1 is 0.793 bits per heavy atom. The molecule has 13 nitrogen and oxygen atoms in total. The summed E-state index contributed by atoms with van der Waals surface area (Å²) in [6.45, 7) is 9.17. The van der Waals surface area contributed by atoms with Crippen molar-refractivity contribution < 1.29 is 28.7 Å². The summed E-state index contributed by atoms with van der Waals surface area (Å²) >= 11 is 0. The Bertz CT molecular complexity index is 2010. The van der Waals surface area contributed by atoms with E-state index in [9.17, 15) is 19.2 Å². The summed E-state index contributed by atoms with van der Waals surface area (Å²) < 4.78 is 9.26. The molecule has 4 aromatic rings. The molecule has 2 aromatic carbocycles. The van der Waals surface area contributed by atoms with Crippen LogP contribution in [-0.2, 0) is 31.9 Å². The lowest BCUT2D eigenvalue weighted by atomic mass is 9.78.